The van der Waals surface area contributed by atoms with Crippen LogP contribution in [0.25, 0.3) is 0 Å². The molecular weight excluding hydrogens is 184 g/mol. The Balaban J connectivity index is 2.08. The highest BCUT2D eigenvalue weighted by atomic mass is 32.1. The molecule has 0 spiro atoms. The lowest BCUT2D eigenvalue weighted by Gasteiger charge is -2.28. The zero-order valence-corrected chi connectivity index (χ0v) is 8.76. The molecule has 0 aliphatic carbocycles. The molecule has 0 amide bonds. The van der Waals surface area contributed by atoms with Crippen molar-refractivity contribution in [1.29, 1.82) is 0 Å². The van der Waals surface area contributed by atoms with E-state index in [1.807, 2.05) is 10.8 Å². The summed E-state index contributed by atoms with van der Waals surface area (Å²) in [7, 11) is 0. The maximum absolute atomic E-state index is 5.81. The third kappa shape index (κ3) is 1.66. The van der Waals surface area contributed by atoms with Crippen molar-refractivity contribution in [2.24, 2.45) is 5.92 Å². The number of ether oxygens (including phenoxy) is 2. The smallest absolute Gasteiger partial charge is 0.172 e. The fourth-order valence-electron chi connectivity index (χ4n) is 1.38. The first-order valence-corrected chi connectivity index (χ1v) is 5.61. The molecule has 0 fully saturated rings. The third-order valence-electron chi connectivity index (χ3n) is 2.55. The summed E-state index contributed by atoms with van der Waals surface area (Å²) >= 11 is 1.63. The van der Waals surface area contributed by atoms with Gasteiger partial charge in [0, 0.05) is 10.8 Å². The van der Waals surface area contributed by atoms with E-state index in [0.29, 0.717) is 12.5 Å². The van der Waals surface area contributed by atoms with Crippen molar-refractivity contribution in [2.75, 3.05) is 6.61 Å². The van der Waals surface area contributed by atoms with Gasteiger partial charge in [-0.05, 0) is 12.3 Å². The monoisotopic (exact) mass is 198 g/mol. The zero-order valence-electron chi connectivity index (χ0n) is 7.95. The van der Waals surface area contributed by atoms with Gasteiger partial charge in [0.05, 0.1) is 0 Å². The first-order chi connectivity index (χ1) is 6.31. The van der Waals surface area contributed by atoms with E-state index in [1.54, 1.807) is 11.3 Å². The number of hydrogen-bond donors (Lipinski definition) is 0. The fourth-order valence-corrected chi connectivity index (χ4v) is 2.05. The Hall–Kier alpha value is -0.700. The molecule has 2 atom stereocenters. The first-order valence-electron chi connectivity index (χ1n) is 4.67. The molecule has 1 aromatic rings. The first kappa shape index (κ1) is 8.88. The molecule has 13 heavy (non-hydrogen) atoms. The van der Waals surface area contributed by atoms with Crippen molar-refractivity contribution >= 4 is 11.3 Å². The number of fused-ring (bicyclic) bond motifs is 1. The van der Waals surface area contributed by atoms with Crippen LogP contribution in [-0.4, -0.2) is 12.7 Å². The maximum atomic E-state index is 5.81. The van der Waals surface area contributed by atoms with Crippen LogP contribution in [0.1, 0.15) is 20.3 Å². The Morgan fingerprint density at radius 3 is 3.08 bits per heavy atom. The van der Waals surface area contributed by atoms with Crippen molar-refractivity contribution in [2.45, 2.75) is 26.4 Å². The second-order valence-corrected chi connectivity index (χ2v) is 4.20. The Labute approximate surface area is 82.5 Å². The van der Waals surface area contributed by atoms with E-state index in [2.05, 4.69) is 13.8 Å². The normalized spacial score (nSPS) is 22.8. The minimum Gasteiger partial charge on any atom is -0.485 e. The van der Waals surface area contributed by atoms with Gasteiger partial charge in [0.2, 0.25) is 0 Å². The lowest BCUT2D eigenvalue weighted by Crippen LogP contribution is -2.34. The topological polar surface area (TPSA) is 18.5 Å². The van der Waals surface area contributed by atoms with Crippen LogP contribution in [-0.2, 0) is 0 Å². The number of thiophene rings is 1. The summed E-state index contributed by atoms with van der Waals surface area (Å²) in [4.78, 5) is 0. The van der Waals surface area contributed by atoms with E-state index in [1.165, 1.54) is 0 Å². The van der Waals surface area contributed by atoms with Crippen LogP contribution in [0.3, 0.4) is 0 Å². The van der Waals surface area contributed by atoms with Crippen LogP contribution in [0.5, 0.6) is 11.5 Å². The number of hydrogen-bond acceptors (Lipinski definition) is 3. The van der Waals surface area contributed by atoms with E-state index in [9.17, 15) is 0 Å². The molecule has 0 bridgehead atoms. The summed E-state index contributed by atoms with van der Waals surface area (Å²) in [5, 5.41) is 3.99. The fraction of sp³-hybridized carbons (Fsp3) is 0.600. The maximum Gasteiger partial charge on any atom is 0.172 e. The summed E-state index contributed by atoms with van der Waals surface area (Å²) < 4.78 is 11.4. The van der Waals surface area contributed by atoms with E-state index < -0.39 is 0 Å². The molecule has 3 heteroatoms. The quantitative estimate of drug-likeness (QED) is 0.727. The Morgan fingerprint density at radius 1 is 1.54 bits per heavy atom. The van der Waals surface area contributed by atoms with Crippen molar-refractivity contribution in [3.8, 4) is 11.5 Å². The molecule has 0 radical (unpaired) electrons. The van der Waals surface area contributed by atoms with Gasteiger partial charge in [-0.3, -0.25) is 0 Å². The second kappa shape index (κ2) is 3.58. The highest BCUT2D eigenvalue weighted by Crippen LogP contribution is 2.36. The summed E-state index contributed by atoms with van der Waals surface area (Å²) in [6.45, 7) is 5.07. The molecule has 0 saturated carbocycles. The van der Waals surface area contributed by atoms with Gasteiger partial charge in [0.1, 0.15) is 12.7 Å². The van der Waals surface area contributed by atoms with Crippen molar-refractivity contribution in [3.63, 3.8) is 0 Å². The van der Waals surface area contributed by atoms with E-state index in [4.69, 9.17) is 9.47 Å². The summed E-state index contributed by atoms with van der Waals surface area (Å²) in [5.74, 6) is 2.39. The highest BCUT2D eigenvalue weighted by Gasteiger charge is 2.25. The second-order valence-electron chi connectivity index (χ2n) is 3.45. The van der Waals surface area contributed by atoms with E-state index in [0.717, 1.165) is 17.9 Å². The van der Waals surface area contributed by atoms with Crippen LogP contribution in [0.2, 0.25) is 0 Å². The molecule has 2 heterocycles. The summed E-state index contributed by atoms with van der Waals surface area (Å²) in [6.07, 6.45) is 1.36. The largest absolute Gasteiger partial charge is 0.485 e. The van der Waals surface area contributed by atoms with Gasteiger partial charge in [0.15, 0.2) is 11.5 Å². The molecule has 72 valence electrons. The van der Waals surface area contributed by atoms with Gasteiger partial charge in [-0.1, -0.05) is 13.8 Å². The highest BCUT2D eigenvalue weighted by molar-refractivity contribution is 7.08. The van der Waals surface area contributed by atoms with Crippen LogP contribution < -0.4 is 9.47 Å². The third-order valence-corrected chi connectivity index (χ3v) is 3.25. The van der Waals surface area contributed by atoms with Gasteiger partial charge >= 0.3 is 0 Å². The van der Waals surface area contributed by atoms with Crippen LogP contribution in [0, 0.1) is 5.92 Å². The van der Waals surface area contributed by atoms with Gasteiger partial charge in [0.25, 0.3) is 0 Å². The predicted octanol–water partition coefficient (Wildman–Crippen LogP) is 2.93. The average molecular weight is 198 g/mol. The SMILES string of the molecule is CCC(C)C1COc2cscc2O1. The Kier molecular flexibility index (Phi) is 2.44. The molecular formula is C10H14O2S. The van der Waals surface area contributed by atoms with Crippen LogP contribution in [0.15, 0.2) is 10.8 Å². The molecule has 1 aromatic heterocycles. The van der Waals surface area contributed by atoms with Gasteiger partial charge in [-0.25, -0.2) is 0 Å². The van der Waals surface area contributed by atoms with E-state index in [-0.39, 0.29) is 6.10 Å². The molecule has 0 N–H and O–H groups in total. The zero-order chi connectivity index (χ0) is 9.26. The molecule has 1 aliphatic rings. The Morgan fingerprint density at radius 2 is 2.31 bits per heavy atom. The minimum atomic E-state index is 0.229. The predicted molar refractivity (Wildman–Crippen MR) is 53.7 cm³/mol. The number of rotatable bonds is 2. The van der Waals surface area contributed by atoms with Gasteiger partial charge in [-0.2, -0.15) is 0 Å². The van der Waals surface area contributed by atoms with Crippen LogP contribution in [0.4, 0.5) is 0 Å². The van der Waals surface area contributed by atoms with Gasteiger partial charge < -0.3 is 9.47 Å². The Bertz CT molecular complexity index is 282. The van der Waals surface area contributed by atoms with Crippen LogP contribution >= 0.6 is 11.3 Å². The minimum absolute atomic E-state index is 0.229. The summed E-state index contributed by atoms with van der Waals surface area (Å²) in [5.41, 5.74) is 0. The van der Waals surface area contributed by atoms with Crippen molar-refractivity contribution < 1.29 is 9.47 Å². The standard InChI is InChI=1S/C10H14O2S/c1-3-7(2)8-4-11-9-5-13-6-10(9)12-8/h5-8H,3-4H2,1-2H3. The molecule has 0 aromatic carbocycles. The lowest BCUT2D eigenvalue weighted by atomic mass is 10.0. The van der Waals surface area contributed by atoms with Gasteiger partial charge in [-0.15, -0.1) is 11.3 Å². The van der Waals surface area contributed by atoms with Crippen molar-refractivity contribution in [3.05, 3.63) is 10.8 Å². The molecule has 0 saturated heterocycles. The average Bonchev–Trinajstić information content (AvgIpc) is 2.63. The molecule has 2 unspecified atom stereocenters. The molecule has 2 nitrogen and oxygen atoms in total. The lowest BCUT2D eigenvalue weighted by molar-refractivity contribution is 0.0534. The molecule has 2 rings (SSSR count). The van der Waals surface area contributed by atoms with Crippen molar-refractivity contribution in [1.82, 2.24) is 0 Å². The van der Waals surface area contributed by atoms with E-state index >= 15 is 0 Å². The summed E-state index contributed by atoms with van der Waals surface area (Å²) in [6, 6.07) is 0. The molecule has 1 aliphatic heterocycles.